The zero-order chi connectivity index (χ0) is 15.0. The number of rotatable bonds is 6. The number of ether oxygens (including phenoxy) is 1. The lowest BCUT2D eigenvalue weighted by Crippen LogP contribution is -2.25. The Balaban J connectivity index is 1.89. The minimum absolute atomic E-state index is 0.0796. The maximum absolute atomic E-state index is 11.5. The summed E-state index contributed by atoms with van der Waals surface area (Å²) in [6, 6.07) is 2.85. The molecule has 2 saturated carbocycles. The first kappa shape index (κ1) is 13.8. The summed E-state index contributed by atoms with van der Waals surface area (Å²) >= 11 is 0. The van der Waals surface area contributed by atoms with Crippen molar-refractivity contribution in [2.24, 2.45) is 11.8 Å². The Bertz CT molecular complexity index is 570. The second-order valence-electron chi connectivity index (χ2n) is 5.66. The summed E-state index contributed by atoms with van der Waals surface area (Å²) in [4.78, 5) is 26.3. The van der Waals surface area contributed by atoms with Gasteiger partial charge in [-0.3, -0.25) is 10.1 Å². The highest BCUT2D eigenvalue weighted by atomic mass is 16.6. The summed E-state index contributed by atoms with van der Waals surface area (Å²) in [6.45, 7) is 0. The number of nitrogens with one attached hydrogen (secondary N) is 1. The van der Waals surface area contributed by atoms with Gasteiger partial charge in [-0.25, -0.2) is 9.78 Å². The van der Waals surface area contributed by atoms with Crippen molar-refractivity contribution in [3.8, 4) is 0 Å². The van der Waals surface area contributed by atoms with E-state index < -0.39 is 10.9 Å². The van der Waals surface area contributed by atoms with Crippen molar-refractivity contribution in [2.75, 3.05) is 12.4 Å². The third-order valence-electron chi connectivity index (χ3n) is 4.03. The summed E-state index contributed by atoms with van der Waals surface area (Å²) < 4.78 is 4.62. The van der Waals surface area contributed by atoms with Crippen LogP contribution in [0.25, 0.3) is 0 Å². The number of nitro groups is 1. The van der Waals surface area contributed by atoms with E-state index in [1.165, 1.54) is 19.2 Å². The van der Waals surface area contributed by atoms with Gasteiger partial charge in [0.1, 0.15) is 0 Å². The highest BCUT2D eigenvalue weighted by Gasteiger charge is 2.42. The molecule has 0 bridgehead atoms. The number of carbonyl (C=O) groups excluding carboxylic acids is 1. The van der Waals surface area contributed by atoms with Crippen molar-refractivity contribution in [2.45, 2.75) is 31.7 Å². The average molecular weight is 291 g/mol. The maximum atomic E-state index is 11.5. The average Bonchev–Trinajstić information content (AvgIpc) is 3.36. The fraction of sp³-hybridized carbons (Fsp3) is 0.571. The Morgan fingerprint density at radius 1 is 1.38 bits per heavy atom. The van der Waals surface area contributed by atoms with Gasteiger partial charge in [-0.15, -0.1) is 0 Å². The van der Waals surface area contributed by atoms with E-state index in [9.17, 15) is 14.9 Å². The lowest BCUT2D eigenvalue weighted by atomic mass is 10.1. The van der Waals surface area contributed by atoms with Gasteiger partial charge in [0.2, 0.25) is 5.82 Å². The van der Waals surface area contributed by atoms with Gasteiger partial charge in [0, 0.05) is 12.1 Å². The lowest BCUT2D eigenvalue weighted by molar-refractivity contribution is -0.384. The molecule has 1 N–H and O–H groups in total. The van der Waals surface area contributed by atoms with Crippen LogP contribution in [0.3, 0.4) is 0 Å². The van der Waals surface area contributed by atoms with E-state index in [2.05, 4.69) is 15.0 Å². The molecule has 21 heavy (non-hydrogen) atoms. The Morgan fingerprint density at radius 3 is 2.48 bits per heavy atom. The SMILES string of the molecule is COC(=O)c1ccc([N+](=O)[O-])c(NC(C2CC2)C2CC2)n1. The third kappa shape index (κ3) is 2.96. The molecule has 1 aromatic heterocycles. The zero-order valence-corrected chi connectivity index (χ0v) is 11.7. The maximum Gasteiger partial charge on any atom is 0.356 e. The largest absolute Gasteiger partial charge is 0.464 e. The fourth-order valence-electron chi connectivity index (χ4n) is 2.61. The lowest BCUT2D eigenvalue weighted by Gasteiger charge is -2.18. The third-order valence-corrected chi connectivity index (χ3v) is 4.03. The second-order valence-corrected chi connectivity index (χ2v) is 5.66. The molecule has 0 saturated heterocycles. The molecule has 0 amide bonds. The molecule has 2 aliphatic rings. The van der Waals surface area contributed by atoms with Gasteiger partial charge in [-0.2, -0.15) is 0 Å². The number of aromatic nitrogens is 1. The number of nitrogens with zero attached hydrogens (tertiary/aromatic N) is 2. The number of hydrogen-bond acceptors (Lipinski definition) is 6. The number of esters is 1. The van der Waals surface area contributed by atoms with E-state index in [0.29, 0.717) is 11.8 Å². The first-order valence-corrected chi connectivity index (χ1v) is 7.10. The van der Waals surface area contributed by atoms with Crippen LogP contribution >= 0.6 is 0 Å². The summed E-state index contributed by atoms with van der Waals surface area (Å²) in [5.41, 5.74) is -0.0232. The molecule has 2 aliphatic carbocycles. The van der Waals surface area contributed by atoms with Crippen LogP contribution in [0.5, 0.6) is 0 Å². The van der Waals surface area contributed by atoms with Crippen LogP contribution < -0.4 is 5.32 Å². The number of hydrogen-bond donors (Lipinski definition) is 1. The van der Waals surface area contributed by atoms with Crippen LogP contribution in [0.2, 0.25) is 0 Å². The van der Waals surface area contributed by atoms with Gasteiger partial charge in [-0.05, 0) is 43.6 Å². The second kappa shape index (κ2) is 5.31. The van der Waals surface area contributed by atoms with Gasteiger partial charge in [0.05, 0.1) is 12.0 Å². The summed E-state index contributed by atoms with van der Waals surface area (Å²) in [6.07, 6.45) is 4.61. The molecule has 1 heterocycles. The summed E-state index contributed by atoms with van der Waals surface area (Å²) in [7, 11) is 1.26. The molecule has 3 rings (SSSR count). The van der Waals surface area contributed by atoms with Crippen molar-refractivity contribution in [3.63, 3.8) is 0 Å². The van der Waals surface area contributed by atoms with Crippen LogP contribution in [0.1, 0.15) is 36.2 Å². The highest BCUT2D eigenvalue weighted by molar-refractivity contribution is 5.88. The van der Waals surface area contributed by atoms with Gasteiger partial charge >= 0.3 is 11.7 Å². The fourth-order valence-corrected chi connectivity index (χ4v) is 2.61. The van der Waals surface area contributed by atoms with Crippen LogP contribution in [-0.4, -0.2) is 29.0 Å². The van der Waals surface area contributed by atoms with Gasteiger partial charge in [0.25, 0.3) is 0 Å². The number of anilines is 1. The Labute approximate surface area is 121 Å². The molecule has 0 atom stereocenters. The molecular weight excluding hydrogens is 274 g/mol. The Hall–Kier alpha value is -2.18. The Morgan fingerprint density at radius 2 is 2.00 bits per heavy atom. The minimum Gasteiger partial charge on any atom is -0.464 e. The summed E-state index contributed by atoms with van der Waals surface area (Å²) in [5.74, 6) is 0.718. The molecule has 0 unspecified atom stereocenters. The quantitative estimate of drug-likeness (QED) is 0.491. The molecule has 1 aromatic rings. The van der Waals surface area contributed by atoms with E-state index in [-0.39, 0.29) is 23.2 Å². The zero-order valence-electron chi connectivity index (χ0n) is 11.7. The monoisotopic (exact) mass is 291 g/mol. The number of methoxy groups -OCH3 is 1. The first-order chi connectivity index (χ1) is 10.1. The van der Waals surface area contributed by atoms with Crippen LogP contribution in [0, 0.1) is 22.0 Å². The molecular formula is C14H17N3O4. The number of pyridine rings is 1. The van der Waals surface area contributed by atoms with E-state index in [4.69, 9.17) is 0 Å². The molecule has 0 aliphatic heterocycles. The van der Waals surface area contributed by atoms with Gasteiger partial charge in [-0.1, -0.05) is 0 Å². The van der Waals surface area contributed by atoms with Crippen molar-refractivity contribution in [3.05, 3.63) is 27.9 Å². The molecule has 7 heteroatoms. The van der Waals surface area contributed by atoms with E-state index in [1.54, 1.807) is 0 Å². The van der Waals surface area contributed by atoms with Crippen molar-refractivity contribution >= 4 is 17.5 Å². The standard InChI is InChI=1S/C14H17N3O4/c1-21-14(18)10-6-7-11(17(19)20)13(15-10)16-12(8-2-3-8)9-4-5-9/h6-9,12H,2-5H2,1H3,(H,15,16). The van der Waals surface area contributed by atoms with E-state index in [1.807, 2.05) is 0 Å². The van der Waals surface area contributed by atoms with Crippen molar-refractivity contribution in [1.29, 1.82) is 0 Å². The Kier molecular flexibility index (Phi) is 3.48. The van der Waals surface area contributed by atoms with E-state index >= 15 is 0 Å². The van der Waals surface area contributed by atoms with Crippen LogP contribution in [-0.2, 0) is 4.74 Å². The molecule has 0 radical (unpaired) electrons. The molecule has 0 aromatic carbocycles. The highest BCUT2D eigenvalue weighted by Crippen LogP contribution is 2.46. The molecule has 2 fully saturated rings. The molecule has 0 spiro atoms. The summed E-state index contributed by atoms with van der Waals surface area (Å²) in [5, 5.41) is 14.3. The minimum atomic E-state index is -0.595. The molecule has 7 nitrogen and oxygen atoms in total. The van der Waals surface area contributed by atoms with Gasteiger partial charge in [0.15, 0.2) is 5.69 Å². The van der Waals surface area contributed by atoms with Gasteiger partial charge < -0.3 is 10.1 Å². The van der Waals surface area contributed by atoms with Crippen LogP contribution in [0.4, 0.5) is 11.5 Å². The topological polar surface area (TPSA) is 94.4 Å². The number of carbonyl (C=O) groups is 1. The normalized spacial score (nSPS) is 17.6. The first-order valence-electron chi connectivity index (χ1n) is 7.10. The molecule has 112 valence electrons. The van der Waals surface area contributed by atoms with Crippen molar-refractivity contribution < 1.29 is 14.5 Å². The smallest absolute Gasteiger partial charge is 0.356 e. The predicted octanol–water partition coefficient (Wildman–Crippen LogP) is 2.38. The predicted molar refractivity (Wildman–Crippen MR) is 75.1 cm³/mol. The van der Waals surface area contributed by atoms with E-state index in [0.717, 1.165) is 25.7 Å². The van der Waals surface area contributed by atoms with Crippen LogP contribution in [0.15, 0.2) is 12.1 Å². The van der Waals surface area contributed by atoms with Crippen molar-refractivity contribution in [1.82, 2.24) is 4.98 Å².